The van der Waals surface area contributed by atoms with Crippen LogP contribution in [0.15, 0.2) is 66.7 Å². The van der Waals surface area contributed by atoms with Gasteiger partial charge in [-0.1, -0.05) is 60.7 Å². The maximum Gasteiger partial charge on any atom is 0.225 e. The van der Waals surface area contributed by atoms with Crippen molar-refractivity contribution in [3.8, 4) is 11.3 Å². The molecule has 0 amide bonds. The van der Waals surface area contributed by atoms with E-state index in [1.807, 2.05) is 42.5 Å². The van der Waals surface area contributed by atoms with Crippen LogP contribution in [0.5, 0.6) is 0 Å². The number of aromatic nitrogens is 2. The summed E-state index contributed by atoms with van der Waals surface area (Å²) in [6, 6.07) is 22.4. The van der Waals surface area contributed by atoms with Crippen molar-refractivity contribution in [2.45, 2.75) is 13.0 Å². The van der Waals surface area contributed by atoms with Gasteiger partial charge in [-0.3, -0.25) is 0 Å². The molecule has 5 nitrogen and oxygen atoms in total. The fourth-order valence-electron chi connectivity index (χ4n) is 2.58. The lowest BCUT2D eigenvalue weighted by atomic mass is 10.1. The van der Waals surface area contributed by atoms with Crippen LogP contribution in [-0.4, -0.2) is 30.2 Å². The van der Waals surface area contributed by atoms with E-state index in [1.165, 1.54) is 5.56 Å². The van der Waals surface area contributed by atoms with E-state index in [0.29, 0.717) is 12.5 Å². The van der Waals surface area contributed by atoms with E-state index in [1.54, 1.807) is 7.11 Å². The van der Waals surface area contributed by atoms with E-state index in [-0.39, 0.29) is 0 Å². The Kier molecular flexibility index (Phi) is 6.56. The summed E-state index contributed by atoms with van der Waals surface area (Å²) in [7, 11) is 1.71. The monoisotopic (exact) mass is 348 g/mol. The Morgan fingerprint density at radius 2 is 1.62 bits per heavy atom. The lowest BCUT2D eigenvalue weighted by Crippen LogP contribution is -2.10. The Labute approximate surface area is 154 Å². The fourth-order valence-corrected chi connectivity index (χ4v) is 2.58. The predicted octanol–water partition coefficient (Wildman–Crippen LogP) is 4.20. The Morgan fingerprint density at radius 3 is 2.35 bits per heavy atom. The second kappa shape index (κ2) is 9.53. The van der Waals surface area contributed by atoms with Crippen LogP contribution >= 0.6 is 0 Å². The van der Waals surface area contributed by atoms with Gasteiger partial charge in [-0.05, 0) is 12.0 Å². The van der Waals surface area contributed by atoms with E-state index in [0.717, 1.165) is 36.6 Å². The van der Waals surface area contributed by atoms with Crippen molar-refractivity contribution in [2.24, 2.45) is 0 Å². The van der Waals surface area contributed by atoms with Gasteiger partial charge in [0.25, 0.3) is 0 Å². The molecule has 0 bridgehead atoms. The first kappa shape index (κ1) is 17.9. The number of hydrogen-bond acceptors (Lipinski definition) is 5. The SMILES string of the molecule is COCCCNc1cc(-c2ccccc2)nc(NCc2ccccc2)n1. The van der Waals surface area contributed by atoms with Crippen molar-refractivity contribution in [1.29, 1.82) is 0 Å². The van der Waals surface area contributed by atoms with E-state index in [2.05, 4.69) is 44.9 Å². The summed E-state index contributed by atoms with van der Waals surface area (Å²) >= 11 is 0. The van der Waals surface area contributed by atoms with Crippen LogP contribution in [-0.2, 0) is 11.3 Å². The number of nitrogens with zero attached hydrogens (tertiary/aromatic N) is 2. The zero-order valence-corrected chi connectivity index (χ0v) is 15.0. The number of anilines is 2. The molecule has 3 rings (SSSR count). The van der Waals surface area contributed by atoms with Crippen LogP contribution in [0.4, 0.5) is 11.8 Å². The van der Waals surface area contributed by atoms with Crippen molar-refractivity contribution >= 4 is 11.8 Å². The van der Waals surface area contributed by atoms with E-state index >= 15 is 0 Å². The molecule has 0 spiro atoms. The molecule has 0 unspecified atom stereocenters. The molecule has 3 aromatic rings. The van der Waals surface area contributed by atoms with Crippen LogP contribution in [0.25, 0.3) is 11.3 Å². The van der Waals surface area contributed by atoms with Gasteiger partial charge in [0.2, 0.25) is 5.95 Å². The number of rotatable bonds is 9. The van der Waals surface area contributed by atoms with Gasteiger partial charge in [0.15, 0.2) is 0 Å². The number of nitrogens with one attached hydrogen (secondary N) is 2. The molecule has 2 aromatic carbocycles. The van der Waals surface area contributed by atoms with Gasteiger partial charge in [0, 0.05) is 38.4 Å². The largest absolute Gasteiger partial charge is 0.385 e. The second-order valence-corrected chi connectivity index (χ2v) is 5.94. The molecule has 0 aliphatic heterocycles. The fraction of sp³-hybridized carbons (Fsp3) is 0.238. The minimum absolute atomic E-state index is 0.615. The van der Waals surface area contributed by atoms with Gasteiger partial charge in [-0.2, -0.15) is 4.98 Å². The van der Waals surface area contributed by atoms with Crippen molar-refractivity contribution in [3.05, 3.63) is 72.3 Å². The summed E-state index contributed by atoms with van der Waals surface area (Å²) < 4.78 is 5.10. The van der Waals surface area contributed by atoms with E-state index in [9.17, 15) is 0 Å². The van der Waals surface area contributed by atoms with Crippen molar-refractivity contribution in [3.63, 3.8) is 0 Å². The van der Waals surface area contributed by atoms with Gasteiger partial charge in [-0.15, -0.1) is 0 Å². The third-order valence-electron chi connectivity index (χ3n) is 3.92. The van der Waals surface area contributed by atoms with Crippen LogP contribution < -0.4 is 10.6 Å². The van der Waals surface area contributed by atoms with Gasteiger partial charge < -0.3 is 15.4 Å². The highest BCUT2D eigenvalue weighted by Crippen LogP contribution is 2.21. The highest BCUT2D eigenvalue weighted by atomic mass is 16.5. The van der Waals surface area contributed by atoms with Crippen LogP contribution in [0, 0.1) is 0 Å². The zero-order chi connectivity index (χ0) is 18.0. The molecular formula is C21H24N4O. The van der Waals surface area contributed by atoms with Crippen molar-refractivity contribution < 1.29 is 4.74 Å². The lowest BCUT2D eigenvalue weighted by Gasteiger charge is -2.11. The summed E-state index contributed by atoms with van der Waals surface area (Å²) in [6.45, 7) is 2.21. The Bertz CT molecular complexity index is 794. The molecule has 0 aliphatic carbocycles. The topological polar surface area (TPSA) is 59.1 Å². The smallest absolute Gasteiger partial charge is 0.225 e. The average Bonchev–Trinajstić information content (AvgIpc) is 2.71. The third-order valence-corrected chi connectivity index (χ3v) is 3.92. The maximum absolute atomic E-state index is 5.10. The summed E-state index contributed by atoms with van der Waals surface area (Å²) in [5, 5.41) is 6.68. The molecule has 0 saturated carbocycles. The Balaban J connectivity index is 1.77. The van der Waals surface area contributed by atoms with Crippen LogP contribution in [0.1, 0.15) is 12.0 Å². The molecule has 0 radical (unpaired) electrons. The van der Waals surface area contributed by atoms with Gasteiger partial charge in [-0.25, -0.2) is 4.98 Å². The third kappa shape index (κ3) is 5.29. The summed E-state index contributed by atoms with van der Waals surface area (Å²) in [6.07, 6.45) is 0.925. The summed E-state index contributed by atoms with van der Waals surface area (Å²) in [5.41, 5.74) is 3.15. The highest BCUT2D eigenvalue weighted by Gasteiger charge is 2.07. The number of methoxy groups -OCH3 is 1. The minimum Gasteiger partial charge on any atom is -0.385 e. The molecule has 0 atom stereocenters. The molecule has 0 fully saturated rings. The normalized spacial score (nSPS) is 10.5. The zero-order valence-electron chi connectivity index (χ0n) is 15.0. The first-order valence-electron chi connectivity index (χ1n) is 8.80. The molecular weight excluding hydrogens is 324 g/mol. The molecule has 0 saturated heterocycles. The number of ether oxygens (including phenoxy) is 1. The maximum atomic E-state index is 5.10. The van der Waals surface area contributed by atoms with Crippen molar-refractivity contribution in [2.75, 3.05) is 30.9 Å². The molecule has 1 aromatic heterocycles. The van der Waals surface area contributed by atoms with Gasteiger partial charge in [0.05, 0.1) is 5.69 Å². The molecule has 134 valence electrons. The van der Waals surface area contributed by atoms with E-state index < -0.39 is 0 Å². The first-order valence-corrected chi connectivity index (χ1v) is 8.80. The molecule has 5 heteroatoms. The van der Waals surface area contributed by atoms with E-state index in [4.69, 9.17) is 4.74 Å². The quantitative estimate of drug-likeness (QED) is 0.568. The van der Waals surface area contributed by atoms with Crippen LogP contribution in [0.3, 0.4) is 0 Å². The molecule has 1 heterocycles. The van der Waals surface area contributed by atoms with Gasteiger partial charge >= 0.3 is 0 Å². The minimum atomic E-state index is 0.615. The van der Waals surface area contributed by atoms with Crippen LogP contribution in [0.2, 0.25) is 0 Å². The second-order valence-electron chi connectivity index (χ2n) is 5.94. The molecule has 2 N–H and O–H groups in total. The Morgan fingerprint density at radius 1 is 0.885 bits per heavy atom. The lowest BCUT2D eigenvalue weighted by molar-refractivity contribution is 0.198. The summed E-state index contributed by atoms with van der Waals surface area (Å²) in [5.74, 6) is 1.43. The predicted molar refractivity (Wildman–Crippen MR) is 106 cm³/mol. The molecule has 0 aliphatic rings. The van der Waals surface area contributed by atoms with Crippen molar-refractivity contribution in [1.82, 2.24) is 9.97 Å². The average molecular weight is 348 g/mol. The Hall–Kier alpha value is -2.92. The number of hydrogen-bond donors (Lipinski definition) is 2. The highest BCUT2D eigenvalue weighted by molar-refractivity contribution is 5.64. The number of benzene rings is 2. The molecule has 26 heavy (non-hydrogen) atoms. The summed E-state index contributed by atoms with van der Waals surface area (Å²) in [4.78, 5) is 9.27. The van der Waals surface area contributed by atoms with Gasteiger partial charge in [0.1, 0.15) is 5.82 Å². The first-order chi connectivity index (χ1) is 12.8. The standard InChI is InChI=1S/C21H24N4O/c1-26-14-8-13-22-20-15-19(18-11-6-3-7-12-18)24-21(25-20)23-16-17-9-4-2-5-10-17/h2-7,9-12,15H,8,13-14,16H2,1H3,(H2,22,23,24,25).